The van der Waals surface area contributed by atoms with E-state index in [0.29, 0.717) is 26.1 Å². The molecule has 0 N–H and O–H groups in total. The van der Waals surface area contributed by atoms with Gasteiger partial charge in [-0.1, -0.05) is 79.4 Å². The van der Waals surface area contributed by atoms with Gasteiger partial charge >= 0.3 is 11.9 Å². The van der Waals surface area contributed by atoms with Gasteiger partial charge in [0.1, 0.15) is 0 Å². The fraction of sp³-hybridized carbons (Fsp3) is 0.846. The van der Waals surface area contributed by atoms with Crippen molar-refractivity contribution in [1.29, 1.82) is 0 Å². The molecule has 30 heavy (non-hydrogen) atoms. The number of ether oxygens (including phenoxy) is 2. The fourth-order valence-electron chi connectivity index (χ4n) is 2.74. The van der Waals surface area contributed by atoms with Crippen molar-refractivity contribution in [1.82, 2.24) is 0 Å². The Morgan fingerprint density at radius 2 is 0.900 bits per heavy atom. The van der Waals surface area contributed by atoms with Gasteiger partial charge in [-0.25, -0.2) is 0 Å². The summed E-state index contributed by atoms with van der Waals surface area (Å²) in [5.74, 6) is -0.127. The standard InChI is InChI=1S/C26H48O4/c1-25(2,3)21-29-23(27)19-17-15-13-11-9-7-8-10-12-14-16-18-20-24(28)30-22-26(4,5)6/h7-8H,9-22H2,1-6H3/b8-7+. The number of hydrogen-bond donors (Lipinski definition) is 0. The van der Waals surface area contributed by atoms with Gasteiger partial charge in [-0.15, -0.1) is 0 Å². The Labute approximate surface area is 186 Å². The van der Waals surface area contributed by atoms with Crippen molar-refractivity contribution in [3.63, 3.8) is 0 Å². The molecule has 0 atom stereocenters. The third-order valence-corrected chi connectivity index (χ3v) is 4.50. The molecule has 0 aliphatic heterocycles. The molecule has 0 saturated carbocycles. The number of carbonyl (C=O) groups is 2. The number of allylic oxidation sites excluding steroid dienone is 2. The van der Waals surface area contributed by atoms with Crippen molar-refractivity contribution in [2.24, 2.45) is 10.8 Å². The lowest BCUT2D eigenvalue weighted by molar-refractivity contribution is -0.147. The molecule has 4 nitrogen and oxygen atoms in total. The molecule has 0 aliphatic carbocycles. The van der Waals surface area contributed by atoms with Crippen LogP contribution in [-0.4, -0.2) is 25.2 Å². The molecule has 0 aromatic heterocycles. The van der Waals surface area contributed by atoms with Gasteiger partial charge in [0.05, 0.1) is 13.2 Å². The molecule has 4 heteroatoms. The Morgan fingerprint density at radius 1 is 0.567 bits per heavy atom. The molecule has 0 amide bonds. The minimum atomic E-state index is -0.0633. The van der Waals surface area contributed by atoms with Gasteiger partial charge in [-0.2, -0.15) is 0 Å². The average molecular weight is 425 g/mol. The highest BCUT2D eigenvalue weighted by molar-refractivity contribution is 5.69. The second-order valence-corrected chi connectivity index (χ2v) is 10.8. The Hall–Kier alpha value is -1.32. The highest BCUT2D eigenvalue weighted by atomic mass is 16.5. The summed E-state index contributed by atoms with van der Waals surface area (Å²) in [6.45, 7) is 13.4. The Balaban J connectivity index is 3.38. The Bertz CT molecular complexity index is 436. The molecule has 0 aromatic rings. The minimum absolute atomic E-state index is 0.0436. The summed E-state index contributed by atoms with van der Waals surface area (Å²) in [5, 5.41) is 0. The zero-order chi connectivity index (χ0) is 22.9. The van der Waals surface area contributed by atoms with Crippen LogP contribution in [-0.2, 0) is 19.1 Å². The SMILES string of the molecule is CC(C)(C)COC(=O)CCCCCC/C=C/CCCCCCC(=O)OCC(C)(C)C. The van der Waals surface area contributed by atoms with Crippen molar-refractivity contribution >= 4 is 11.9 Å². The number of rotatable bonds is 16. The maximum absolute atomic E-state index is 11.6. The van der Waals surface area contributed by atoms with Crippen LogP contribution in [0.4, 0.5) is 0 Å². The van der Waals surface area contributed by atoms with Gasteiger partial charge in [0, 0.05) is 12.8 Å². The van der Waals surface area contributed by atoms with Gasteiger partial charge in [0.15, 0.2) is 0 Å². The molecule has 0 aliphatic rings. The molecule has 0 radical (unpaired) electrons. The van der Waals surface area contributed by atoms with Gasteiger partial charge in [-0.05, 0) is 49.4 Å². The predicted octanol–water partition coefficient (Wildman–Crippen LogP) is 7.40. The Morgan fingerprint density at radius 3 is 1.23 bits per heavy atom. The zero-order valence-electron chi connectivity index (χ0n) is 20.7. The van der Waals surface area contributed by atoms with E-state index in [4.69, 9.17) is 9.47 Å². The van der Waals surface area contributed by atoms with Crippen LogP contribution in [0.5, 0.6) is 0 Å². The van der Waals surface area contributed by atoms with Crippen molar-refractivity contribution in [2.45, 2.75) is 119 Å². The van der Waals surface area contributed by atoms with E-state index in [-0.39, 0.29) is 22.8 Å². The Kier molecular flexibility index (Phi) is 15.7. The first-order valence-corrected chi connectivity index (χ1v) is 12.0. The van der Waals surface area contributed by atoms with E-state index in [2.05, 4.69) is 53.7 Å². The second-order valence-electron chi connectivity index (χ2n) is 10.8. The number of hydrogen-bond acceptors (Lipinski definition) is 4. The summed E-state index contributed by atoms with van der Waals surface area (Å²) in [7, 11) is 0. The quantitative estimate of drug-likeness (QED) is 0.147. The normalized spacial score (nSPS) is 12.3. The third kappa shape index (κ3) is 23.0. The molecule has 0 bridgehead atoms. The summed E-state index contributed by atoms with van der Waals surface area (Å²) >= 11 is 0. The average Bonchev–Trinajstić information content (AvgIpc) is 2.63. The van der Waals surface area contributed by atoms with Crippen molar-refractivity contribution in [3.05, 3.63) is 12.2 Å². The lowest BCUT2D eigenvalue weighted by atomic mass is 9.99. The van der Waals surface area contributed by atoms with Crippen LogP contribution in [0, 0.1) is 10.8 Å². The molecular weight excluding hydrogens is 376 g/mol. The van der Waals surface area contributed by atoms with Crippen LogP contribution in [0.2, 0.25) is 0 Å². The number of unbranched alkanes of at least 4 members (excludes halogenated alkanes) is 8. The van der Waals surface area contributed by atoms with Crippen molar-refractivity contribution < 1.29 is 19.1 Å². The minimum Gasteiger partial charge on any atom is -0.465 e. The first-order valence-electron chi connectivity index (χ1n) is 12.0. The lowest BCUT2D eigenvalue weighted by Crippen LogP contribution is -2.18. The first-order chi connectivity index (χ1) is 14.0. The fourth-order valence-corrected chi connectivity index (χ4v) is 2.74. The van der Waals surface area contributed by atoms with Crippen LogP contribution in [0.3, 0.4) is 0 Å². The van der Waals surface area contributed by atoms with Gasteiger partial charge in [0.2, 0.25) is 0 Å². The number of esters is 2. The highest BCUT2D eigenvalue weighted by Crippen LogP contribution is 2.15. The molecule has 0 unspecified atom stereocenters. The monoisotopic (exact) mass is 424 g/mol. The van der Waals surface area contributed by atoms with Crippen molar-refractivity contribution in [2.75, 3.05) is 13.2 Å². The molecule has 0 rings (SSSR count). The van der Waals surface area contributed by atoms with Crippen LogP contribution in [0.1, 0.15) is 119 Å². The molecule has 0 fully saturated rings. The summed E-state index contributed by atoms with van der Waals surface area (Å²) in [4.78, 5) is 23.3. The molecule has 0 heterocycles. The van der Waals surface area contributed by atoms with Crippen molar-refractivity contribution in [3.8, 4) is 0 Å². The summed E-state index contributed by atoms with van der Waals surface area (Å²) in [6, 6.07) is 0. The smallest absolute Gasteiger partial charge is 0.305 e. The molecule has 0 saturated heterocycles. The predicted molar refractivity (Wildman–Crippen MR) is 125 cm³/mol. The van der Waals surface area contributed by atoms with Crippen LogP contribution in [0.25, 0.3) is 0 Å². The van der Waals surface area contributed by atoms with E-state index in [1.807, 2.05) is 0 Å². The molecular formula is C26H48O4. The second kappa shape index (κ2) is 16.4. The number of carbonyl (C=O) groups excluding carboxylic acids is 2. The summed E-state index contributed by atoms with van der Waals surface area (Å²) < 4.78 is 10.6. The van der Waals surface area contributed by atoms with Crippen LogP contribution >= 0.6 is 0 Å². The maximum Gasteiger partial charge on any atom is 0.305 e. The molecule has 0 aromatic carbocycles. The molecule has 176 valence electrons. The topological polar surface area (TPSA) is 52.6 Å². The van der Waals surface area contributed by atoms with Gasteiger partial charge in [-0.3, -0.25) is 9.59 Å². The maximum atomic E-state index is 11.6. The van der Waals surface area contributed by atoms with E-state index in [1.165, 1.54) is 25.7 Å². The van der Waals surface area contributed by atoms with E-state index < -0.39 is 0 Å². The first kappa shape index (κ1) is 28.7. The van der Waals surface area contributed by atoms with E-state index in [1.54, 1.807) is 0 Å². The summed E-state index contributed by atoms with van der Waals surface area (Å²) in [6.07, 6.45) is 16.6. The zero-order valence-corrected chi connectivity index (χ0v) is 20.7. The largest absolute Gasteiger partial charge is 0.465 e. The van der Waals surface area contributed by atoms with Crippen LogP contribution in [0.15, 0.2) is 12.2 Å². The van der Waals surface area contributed by atoms with E-state index in [9.17, 15) is 9.59 Å². The van der Waals surface area contributed by atoms with Gasteiger partial charge in [0.25, 0.3) is 0 Å². The lowest BCUT2D eigenvalue weighted by Gasteiger charge is -2.17. The van der Waals surface area contributed by atoms with E-state index in [0.717, 1.165) is 38.5 Å². The van der Waals surface area contributed by atoms with E-state index >= 15 is 0 Å². The summed E-state index contributed by atoms with van der Waals surface area (Å²) in [5.41, 5.74) is 0.0871. The van der Waals surface area contributed by atoms with Crippen LogP contribution < -0.4 is 0 Å². The van der Waals surface area contributed by atoms with Gasteiger partial charge < -0.3 is 9.47 Å². The molecule has 0 spiro atoms. The highest BCUT2D eigenvalue weighted by Gasteiger charge is 2.14. The third-order valence-electron chi connectivity index (χ3n) is 4.50.